The van der Waals surface area contributed by atoms with Crippen molar-refractivity contribution < 1.29 is 13.9 Å². The van der Waals surface area contributed by atoms with Gasteiger partial charge in [0.1, 0.15) is 11.6 Å². The summed E-state index contributed by atoms with van der Waals surface area (Å²) >= 11 is 0. The molecule has 1 aromatic heterocycles. The fraction of sp³-hybridized carbons (Fsp3) is 0.333. The molecule has 2 aliphatic heterocycles. The lowest BCUT2D eigenvalue weighted by Gasteiger charge is -2.13. The van der Waals surface area contributed by atoms with Crippen molar-refractivity contribution in [2.24, 2.45) is 0 Å². The van der Waals surface area contributed by atoms with Crippen molar-refractivity contribution in [2.75, 3.05) is 11.9 Å². The van der Waals surface area contributed by atoms with Gasteiger partial charge in [-0.15, -0.1) is 0 Å². The van der Waals surface area contributed by atoms with E-state index < -0.39 is 0 Å². The highest BCUT2D eigenvalue weighted by atomic mass is 19.1. The number of anilines is 1. The molecule has 3 aromatic rings. The van der Waals surface area contributed by atoms with Gasteiger partial charge >= 0.3 is 0 Å². The Balaban J connectivity index is 1.30. The molecular weight excluding hydrogens is 359 g/mol. The van der Waals surface area contributed by atoms with E-state index in [1.54, 1.807) is 12.1 Å². The van der Waals surface area contributed by atoms with E-state index in [0.29, 0.717) is 29.9 Å². The second-order valence-electron chi connectivity index (χ2n) is 7.43. The molecule has 0 saturated carbocycles. The number of fused-ring (bicyclic) bond motifs is 2. The first-order chi connectivity index (χ1) is 13.7. The lowest BCUT2D eigenvalue weighted by molar-refractivity contribution is -0.118. The number of hydrogen-bond acceptors (Lipinski definition) is 4. The van der Waals surface area contributed by atoms with Crippen LogP contribution >= 0.6 is 0 Å². The number of nitrogens with zero attached hydrogens (tertiary/aromatic N) is 1. The summed E-state index contributed by atoms with van der Waals surface area (Å²) in [5.74, 6) is 0.392. The Kier molecular flexibility index (Phi) is 4.33. The van der Waals surface area contributed by atoms with Crippen LogP contribution in [0.15, 0.2) is 42.5 Å². The summed E-state index contributed by atoms with van der Waals surface area (Å²) in [6.45, 7) is 0.766. The van der Waals surface area contributed by atoms with Crippen molar-refractivity contribution in [2.45, 2.75) is 37.5 Å². The van der Waals surface area contributed by atoms with Gasteiger partial charge in [-0.05, 0) is 42.7 Å². The number of ether oxygens (including phenoxy) is 1. The Morgan fingerprint density at radius 2 is 2.18 bits per heavy atom. The molecule has 5 rings (SSSR count). The number of carbonyl (C=O) groups is 1. The quantitative estimate of drug-likeness (QED) is 0.650. The van der Waals surface area contributed by atoms with Gasteiger partial charge in [0.15, 0.2) is 0 Å². The zero-order valence-electron chi connectivity index (χ0n) is 15.2. The molecule has 0 unspecified atom stereocenters. The van der Waals surface area contributed by atoms with E-state index >= 15 is 0 Å². The summed E-state index contributed by atoms with van der Waals surface area (Å²) in [6, 6.07) is 12.3. The lowest BCUT2D eigenvalue weighted by atomic mass is 10.1. The molecule has 2 aliphatic rings. The van der Waals surface area contributed by atoms with E-state index in [1.807, 2.05) is 24.3 Å². The predicted molar refractivity (Wildman–Crippen MR) is 104 cm³/mol. The van der Waals surface area contributed by atoms with Crippen LogP contribution in [0.5, 0.6) is 0 Å². The van der Waals surface area contributed by atoms with Crippen LogP contribution in [-0.2, 0) is 16.0 Å². The van der Waals surface area contributed by atoms with Gasteiger partial charge in [0, 0.05) is 24.8 Å². The molecule has 7 heteroatoms. The van der Waals surface area contributed by atoms with Gasteiger partial charge in [0.05, 0.1) is 23.2 Å². The number of aromatic amines is 1. The minimum atomic E-state index is -0.242. The van der Waals surface area contributed by atoms with E-state index in [0.717, 1.165) is 24.1 Å². The third-order valence-corrected chi connectivity index (χ3v) is 5.52. The van der Waals surface area contributed by atoms with Crippen LogP contribution in [0, 0.1) is 5.82 Å². The number of benzene rings is 2. The maximum Gasteiger partial charge on any atom is 0.241 e. The Morgan fingerprint density at radius 3 is 3.04 bits per heavy atom. The zero-order valence-corrected chi connectivity index (χ0v) is 15.2. The molecule has 144 valence electrons. The van der Waals surface area contributed by atoms with E-state index in [4.69, 9.17) is 4.74 Å². The Hall–Kier alpha value is -2.77. The van der Waals surface area contributed by atoms with Crippen molar-refractivity contribution in [1.29, 1.82) is 0 Å². The monoisotopic (exact) mass is 380 g/mol. The van der Waals surface area contributed by atoms with Crippen molar-refractivity contribution in [3.8, 4) is 0 Å². The smallest absolute Gasteiger partial charge is 0.241 e. The fourth-order valence-corrected chi connectivity index (χ4v) is 4.09. The summed E-state index contributed by atoms with van der Waals surface area (Å²) in [4.78, 5) is 20.3. The van der Waals surface area contributed by atoms with Gasteiger partial charge in [-0.1, -0.05) is 18.2 Å². The summed E-state index contributed by atoms with van der Waals surface area (Å²) < 4.78 is 19.5. The van der Waals surface area contributed by atoms with Crippen LogP contribution in [0.2, 0.25) is 0 Å². The van der Waals surface area contributed by atoms with Crippen molar-refractivity contribution in [3.63, 3.8) is 0 Å². The van der Waals surface area contributed by atoms with Gasteiger partial charge in [-0.2, -0.15) is 0 Å². The van der Waals surface area contributed by atoms with Crippen LogP contribution in [-0.4, -0.2) is 40.7 Å². The number of amides is 1. The summed E-state index contributed by atoms with van der Waals surface area (Å²) in [5.41, 5.74) is 2.89. The minimum absolute atomic E-state index is 0.0524. The molecule has 2 saturated heterocycles. The summed E-state index contributed by atoms with van der Waals surface area (Å²) in [7, 11) is 0. The Morgan fingerprint density at radius 1 is 1.29 bits per heavy atom. The van der Waals surface area contributed by atoms with Gasteiger partial charge in [0.25, 0.3) is 0 Å². The van der Waals surface area contributed by atoms with Gasteiger partial charge < -0.3 is 20.4 Å². The largest absolute Gasteiger partial charge is 0.376 e. The molecule has 3 heterocycles. The normalized spacial score (nSPS) is 23.8. The van der Waals surface area contributed by atoms with Crippen LogP contribution < -0.4 is 10.6 Å². The fourth-order valence-electron chi connectivity index (χ4n) is 4.09. The predicted octanol–water partition coefficient (Wildman–Crippen LogP) is 2.75. The number of aromatic nitrogens is 2. The third-order valence-electron chi connectivity index (χ3n) is 5.52. The molecule has 6 nitrogen and oxygen atoms in total. The highest BCUT2D eigenvalue weighted by molar-refractivity contribution is 5.96. The molecular formula is C21H21FN4O2. The Labute approximate surface area is 161 Å². The first-order valence-corrected chi connectivity index (χ1v) is 9.56. The standard InChI is InChI=1S/C21H21FN4O2/c22-14-4-2-1-3-12(14)9-20-25-15-6-5-13(10-17(15)26-20)23-21(27)18-11-19-16(24-18)7-8-28-19/h1-6,10,16,18-19,24H,7-9,11H2,(H,23,27)(H,25,26)/t16-,18-,19-/m0/s1. The number of hydrogen-bond donors (Lipinski definition) is 3. The topological polar surface area (TPSA) is 79.0 Å². The molecule has 3 N–H and O–H groups in total. The summed E-state index contributed by atoms with van der Waals surface area (Å²) in [6.07, 6.45) is 2.19. The molecule has 0 radical (unpaired) electrons. The molecule has 0 bridgehead atoms. The maximum absolute atomic E-state index is 13.9. The molecule has 0 aliphatic carbocycles. The number of nitrogens with one attached hydrogen (secondary N) is 3. The lowest BCUT2D eigenvalue weighted by Crippen LogP contribution is -2.39. The number of imidazole rings is 1. The number of rotatable bonds is 4. The minimum Gasteiger partial charge on any atom is -0.376 e. The SMILES string of the molecule is O=C(Nc1ccc2nc(Cc3ccccc3F)[nH]c2c1)[C@@H]1C[C@@H]2OCC[C@@H]2N1. The second-order valence-corrected chi connectivity index (χ2v) is 7.43. The molecule has 2 aromatic carbocycles. The number of halogens is 1. The number of carbonyl (C=O) groups excluding carboxylic acids is 1. The maximum atomic E-state index is 13.9. The van der Waals surface area contributed by atoms with Gasteiger partial charge in [0.2, 0.25) is 5.91 Å². The third kappa shape index (κ3) is 3.27. The van der Waals surface area contributed by atoms with Crippen LogP contribution in [0.4, 0.5) is 10.1 Å². The molecule has 0 spiro atoms. The van der Waals surface area contributed by atoms with Gasteiger partial charge in [-0.3, -0.25) is 4.79 Å². The molecule has 2 fully saturated rings. The van der Waals surface area contributed by atoms with Gasteiger partial charge in [-0.25, -0.2) is 9.37 Å². The van der Waals surface area contributed by atoms with E-state index in [9.17, 15) is 9.18 Å². The number of H-pyrrole nitrogens is 1. The van der Waals surface area contributed by atoms with E-state index in [-0.39, 0.29) is 29.9 Å². The molecule has 3 atom stereocenters. The van der Waals surface area contributed by atoms with Crippen LogP contribution in [0.1, 0.15) is 24.2 Å². The van der Waals surface area contributed by atoms with Crippen LogP contribution in [0.25, 0.3) is 11.0 Å². The van der Waals surface area contributed by atoms with Crippen molar-refractivity contribution in [3.05, 3.63) is 59.7 Å². The van der Waals surface area contributed by atoms with Crippen molar-refractivity contribution >= 4 is 22.6 Å². The summed E-state index contributed by atoms with van der Waals surface area (Å²) in [5, 5.41) is 6.32. The van der Waals surface area contributed by atoms with E-state index in [2.05, 4.69) is 20.6 Å². The van der Waals surface area contributed by atoms with Crippen LogP contribution in [0.3, 0.4) is 0 Å². The average molecular weight is 380 g/mol. The molecule has 1 amide bonds. The zero-order chi connectivity index (χ0) is 19.1. The van der Waals surface area contributed by atoms with E-state index in [1.165, 1.54) is 6.07 Å². The molecule has 28 heavy (non-hydrogen) atoms. The average Bonchev–Trinajstić information content (AvgIpc) is 3.37. The van der Waals surface area contributed by atoms with Crippen molar-refractivity contribution in [1.82, 2.24) is 15.3 Å². The second kappa shape index (κ2) is 7.00. The highest BCUT2D eigenvalue weighted by Gasteiger charge is 2.40. The highest BCUT2D eigenvalue weighted by Crippen LogP contribution is 2.26. The first-order valence-electron chi connectivity index (χ1n) is 9.56. The Bertz CT molecular complexity index is 1020. The first kappa shape index (κ1) is 17.3.